The van der Waals surface area contributed by atoms with Gasteiger partial charge in [0, 0.05) is 62.3 Å². The molecule has 1 saturated heterocycles. The molecule has 0 bridgehead atoms. The topological polar surface area (TPSA) is 79.3 Å². The molecule has 1 N–H and O–H groups in total. The first-order valence-electron chi connectivity index (χ1n) is 8.79. The first-order valence-corrected chi connectivity index (χ1v) is 8.79. The lowest BCUT2D eigenvalue weighted by molar-refractivity contribution is 0.105. The number of carbonyl (C=O) groups is 1. The summed E-state index contributed by atoms with van der Waals surface area (Å²) in [6, 6.07) is 4.15. The number of fused-ring (bicyclic) bond motifs is 1. The average Bonchev–Trinajstić information content (AvgIpc) is 3.27. The number of ether oxygens (including phenoxy) is 1. The van der Waals surface area contributed by atoms with E-state index in [2.05, 4.69) is 26.0 Å². The second-order valence-electron chi connectivity index (χ2n) is 6.35. The number of pyridine rings is 1. The molecule has 0 radical (unpaired) electrons. The molecule has 0 saturated carbocycles. The first kappa shape index (κ1) is 16.4. The molecule has 0 spiro atoms. The van der Waals surface area contributed by atoms with E-state index < -0.39 is 0 Å². The molecule has 26 heavy (non-hydrogen) atoms. The monoisotopic (exact) mass is 354 g/mol. The maximum absolute atomic E-state index is 11.9. The van der Waals surface area contributed by atoms with Crippen LogP contribution in [0.25, 0.3) is 22.3 Å². The Hall–Kier alpha value is -3.03. The van der Waals surface area contributed by atoms with Crippen molar-refractivity contribution < 1.29 is 9.53 Å². The lowest BCUT2D eigenvalue weighted by Gasteiger charge is -2.35. The Labute approximate surface area is 151 Å². The molecule has 1 aliphatic rings. The predicted octanol–water partition coefficient (Wildman–Crippen LogP) is 2.24. The Kier molecular flexibility index (Phi) is 4.24. The van der Waals surface area contributed by atoms with Gasteiger partial charge in [0.05, 0.1) is 18.5 Å². The van der Waals surface area contributed by atoms with Crippen LogP contribution in [0.3, 0.4) is 0 Å². The molecule has 0 aliphatic carbocycles. The van der Waals surface area contributed by atoms with Crippen LogP contribution in [0, 0.1) is 0 Å². The molecule has 4 rings (SSSR count). The van der Waals surface area contributed by atoms with Crippen molar-refractivity contribution in [1.82, 2.24) is 24.6 Å². The fourth-order valence-electron chi connectivity index (χ4n) is 3.35. The van der Waals surface area contributed by atoms with Gasteiger partial charge in [-0.15, -0.1) is 0 Å². The summed E-state index contributed by atoms with van der Waals surface area (Å²) >= 11 is 0. The normalized spacial score (nSPS) is 14.8. The van der Waals surface area contributed by atoms with E-state index in [-0.39, 0.29) is 6.09 Å². The summed E-state index contributed by atoms with van der Waals surface area (Å²) in [5.74, 6) is 0. The second kappa shape index (κ2) is 6.70. The third-order valence-electron chi connectivity index (χ3n) is 4.67. The van der Waals surface area contributed by atoms with Gasteiger partial charge in [0.1, 0.15) is 5.65 Å². The van der Waals surface area contributed by atoms with Gasteiger partial charge in [-0.3, -0.25) is 4.68 Å². The molecule has 136 valence electrons. The van der Waals surface area contributed by atoms with Gasteiger partial charge < -0.3 is 19.5 Å². The number of hydrogen-bond acceptors (Lipinski definition) is 5. The molecular weight excluding hydrogens is 332 g/mol. The summed E-state index contributed by atoms with van der Waals surface area (Å²) < 4.78 is 6.87. The Bertz CT molecular complexity index is 923. The minimum Gasteiger partial charge on any atom is -0.450 e. The Morgan fingerprint density at radius 3 is 2.81 bits per heavy atom. The number of rotatable bonds is 3. The maximum Gasteiger partial charge on any atom is 0.409 e. The zero-order chi connectivity index (χ0) is 18.1. The molecule has 8 nitrogen and oxygen atoms in total. The first-order chi connectivity index (χ1) is 12.7. The zero-order valence-corrected chi connectivity index (χ0v) is 15.0. The molecular formula is C18H22N6O2. The minimum absolute atomic E-state index is 0.229. The summed E-state index contributed by atoms with van der Waals surface area (Å²) in [4.78, 5) is 23.8. The number of aryl methyl sites for hydroxylation is 1. The van der Waals surface area contributed by atoms with Gasteiger partial charge in [-0.05, 0) is 19.1 Å². The molecule has 8 heteroatoms. The Morgan fingerprint density at radius 1 is 1.31 bits per heavy atom. The van der Waals surface area contributed by atoms with Crippen LogP contribution in [-0.4, -0.2) is 63.5 Å². The highest BCUT2D eigenvalue weighted by molar-refractivity contribution is 5.93. The van der Waals surface area contributed by atoms with E-state index in [9.17, 15) is 4.79 Å². The van der Waals surface area contributed by atoms with E-state index in [4.69, 9.17) is 4.74 Å². The molecule has 0 atom stereocenters. The molecule has 3 aromatic heterocycles. The molecule has 1 aliphatic heterocycles. The van der Waals surface area contributed by atoms with E-state index in [0.717, 1.165) is 41.1 Å². The van der Waals surface area contributed by atoms with Crippen molar-refractivity contribution in [2.75, 3.05) is 37.7 Å². The summed E-state index contributed by atoms with van der Waals surface area (Å²) in [7, 11) is 1.90. The van der Waals surface area contributed by atoms with Gasteiger partial charge in [0.2, 0.25) is 0 Å². The van der Waals surface area contributed by atoms with Crippen LogP contribution in [0.15, 0.2) is 30.7 Å². The Balaban J connectivity index is 1.57. The third-order valence-corrected chi connectivity index (χ3v) is 4.67. The van der Waals surface area contributed by atoms with Crippen molar-refractivity contribution in [2.24, 2.45) is 7.05 Å². The summed E-state index contributed by atoms with van der Waals surface area (Å²) in [6.07, 6.45) is 5.40. The standard InChI is InChI=1S/C18H22N6O2/c1-3-26-18(25)24-8-6-23(7-9-24)16-4-5-19-17-14(16)10-15(21-17)13-11-20-22(2)12-13/h4-5,10-12H,3,6-9H2,1-2H3,(H,19,21). The fraction of sp³-hybridized carbons (Fsp3) is 0.389. The molecule has 1 amide bonds. The molecule has 1 fully saturated rings. The van der Waals surface area contributed by atoms with Crippen molar-refractivity contribution >= 4 is 22.8 Å². The van der Waals surface area contributed by atoms with Crippen molar-refractivity contribution in [3.05, 3.63) is 30.7 Å². The quantitative estimate of drug-likeness (QED) is 0.780. The lowest BCUT2D eigenvalue weighted by atomic mass is 10.2. The highest BCUT2D eigenvalue weighted by atomic mass is 16.6. The van der Waals surface area contributed by atoms with Crippen LogP contribution < -0.4 is 4.90 Å². The minimum atomic E-state index is -0.229. The highest BCUT2D eigenvalue weighted by Gasteiger charge is 2.23. The Morgan fingerprint density at radius 2 is 2.12 bits per heavy atom. The second-order valence-corrected chi connectivity index (χ2v) is 6.35. The number of carbonyl (C=O) groups excluding carboxylic acids is 1. The van der Waals surface area contributed by atoms with Crippen LogP contribution in [-0.2, 0) is 11.8 Å². The smallest absolute Gasteiger partial charge is 0.409 e. The van der Waals surface area contributed by atoms with Crippen LogP contribution in [0.4, 0.5) is 10.5 Å². The summed E-state index contributed by atoms with van der Waals surface area (Å²) in [5, 5.41) is 5.31. The zero-order valence-electron chi connectivity index (χ0n) is 15.0. The van der Waals surface area contributed by atoms with E-state index in [0.29, 0.717) is 19.7 Å². The van der Waals surface area contributed by atoms with Gasteiger partial charge in [0.25, 0.3) is 0 Å². The van der Waals surface area contributed by atoms with Crippen LogP contribution in [0.5, 0.6) is 0 Å². The summed E-state index contributed by atoms with van der Waals surface area (Å²) in [6.45, 7) is 5.08. The fourth-order valence-corrected chi connectivity index (χ4v) is 3.35. The van der Waals surface area contributed by atoms with Crippen LogP contribution >= 0.6 is 0 Å². The van der Waals surface area contributed by atoms with Crippen molar-refractivity contribution in [2.45, 2.75) is 6.92 Å². The van der Waals surface area contributed by atoms with Crippen molar-refractivity contribution in [3.8, 4) is 11.3 Å². The van der Waals surface area contributed by atoms with Crippen molar-refractivity contribution in [1.29, 1.82) is 0 Å². The molecule has 0 unspecified atom stereocenters. The van der Waals surface area contributed by atoms with Gasteiger partial charge in [-0.1, -0.05) is 0 Å². The van der Waals surface area contributed by atoms with E-state index in [1.54, 1.807) is 9.58 Å². The van der Waals surface area contributed by atoms with Gasteiger partial charge in [0.15, 0.2) is 0 Å². The number of aromatic nitrogens is 4. The third kappa shape index (κ3) is 2.98. The predicted molar refractivity (Wildman–Crippen MR) is 99.1 cm³/mol. The number of H-pyrrole nitrogens is 1. The SMILES string of the molecule is CCOC(=O)N1CCN(c2ccnc3[nH]c(-c4cnn(C)c4)cc23)CC1. The number of amides is 1. The van der Waals surface area contributed by atoms with Crippen LogP contribution in [0.1, 0.15) is 6.92 Å². The number of nitrogens with one attached hydrogen (secondary N) is 1. The molecule has 0 aromatic carbocycles. The average molecular weight is 354 g/mol. The largest absolute Gasteiger partial charge is 0.450 e. The number of piperazine rings is 1. The number of aromatic amines is 1. The van der Waals surface area contributed by atoms with E-state index in [1.807, 2.05) is 38.6 Å². The van der Waals surface area contributed by atoms with E-state index in [1.165, 1.54) is 0 Å². The van der Waals surface area contributed by atoms with Crippen LogP contribution in [0.2, 0.25) is 0 Å². The van der Waals surface area contributed by atoms with Gasteiger partial charge >= 0.3 is 6.09 Å². The molecule has 4 heterocycles. The number of anilines is 1. The maximum atomic E-state index is 11.9. The highest BCUT2D eigenvalue weighted by Crippen LogP contribution is 2.30. The lowest BCUT2D eigenvalue weighted by Crippen LogP contribution is -2.49. The number of hydrogen-bond donors (Lipinski definition) is 1. The number of nitrogens with zero attached hydrogens (tertiary/aromatic N) is 5. The summed E-state index contributed by atoms with van der Waals surface area (Å²) in [5.41, 5.74) is 4.01. The van der Waals surface area contributed by atoms with E-state index >= 15 is 0 Å². The van der Waals surface area contributed by atoms with Gasteiger partial charge in [-0.25, -0.2) is 9.78 Å². The van der Waals surface area contributed by atoms with Crippen molar-refractivity contribution in [3.63, 3.8) is 0 Å². The molecule has 3 aromatic rings. The van der Waals surface area contributed by atoms with Gasteiger partial charge in [-0.2, -0.15) is 5.10 Å².